The van der Waals surface area contributed by atoms with Crippen molar-refractivity contribution in [2.75, 3.05) is 6.54 Å². The molecule has 3 heteroatoms. The topological polar surface area (TPSA) is 12.0 Å². The predicted octanol–water partition coefficient (Wildman–Crippen LogP) is 5.86. The fourth-order valence-electron chi connectivity index (χ4n) is 3.51. The smallest absolute Gasteiger partial charge is 0.0468 e. The minimum atomic E-state index is 0.360. The number of hydrogen-bond acceptors (Lipinski definition) is 1. The lowest BCUT2D eigenvalue weighted by atomic mass is 9.75. The maximum absolute atomic E-state index is 6.43. The molecular formula is C17H25Cl2N. The van der Waals surface area contributed by atoms with Crippen LogP contribution in [-0.4, -0.2) is 6.54 Å². The molecule has 0 saturated heterocycles. The van der Waals surface area contributed by atoms with E-state index in [1.807, 2.05) is 12.1 Å². The van der Waals surface area contributed by atoms with E-state index in [0.717, 1.165) is 17.5 Å². The SMILES string of the molecule is CCNC(c1ccc(Cl)cc1Cl)C1CCCC(CC)C1. The van der Waals surface area contributed by atoms with Crippen LogP contribution in [0.5, 0.6) is 0 Å². The molecule has 2 rings (SSSR count). The minimum absolute atomic E-state index is 0.360. The van der Waals surface area contributed by atoms with Crippen molar-refractivity contribution in [2.24, 2.45) is 11.8 Å². The molecule has 1 aliphatic carbocycles. The summed E-state index contributed by atoms with van der Waals surface area (Å²) in [7, 11) is 0. The van der Waals surface area contributed by atoms with E-state index in [1.165, 1.54) is 37.7 Å². The van der Waals surface area contributed by atoms with Crippen LogP contribution in [-0.2, 0) is 0 Å². The third-order valence-electron chi connectivity index (χ3n) is 4.59. The monoisotopic (exact) mass is 313 g/mol. The lowest BCUT2D eigenvalue weighted by Crippen LogP contribution is -2.31. The predicted molar refractivity (Wildman–Crippen MR) is 88.6 cm³/mol. The van der Waals surface area contributed by atoms with Crippen molar-refractivity contribution in [1.29, 1.82) is 0 Å². The van der Waals surface area contributed by atoms with Crippen molar-refractivity contribution in [1.82, 2.24) is 5.32 Å². The molecule has 1 N–H and O–H groups in total. The maximum atomic E-state index is 6.43. The maximum Gasteiger partial charge on any atom is 0.0468 e. The van der Waals surface area contributed by atoms with Crippen LogP contribution in [0, 0.1) is 11.8 Å². The molecule has 1 nitrogen and oxygen atoms in total. The van der Waals surface area contributed by atoms with Crippen molar-refractivity contribution >= 4 is 23.2 Å². The van der Waals surface area contributed by atoms with Crippen LogP contribution in [0.15, 0.2) is 18.2 Å². The Labute approximate surface area is 133 Å². The second-order valence-corrected chi connectivity index (χ2v) is 6.75. The van der Waals surface area contributed by atoms with E-state index < -0.39 is 0 Å². The molecule has 3 atom stereocenters. The van der Waals surface area contributed by atoms with Gasteiger partial charge in [0.05, 0.1) is 0 Å². The van der Waals surface area contributed by atoms with Gasteiger partial charge in [-0.25, -0.2) is 0 Å². The molecule has 112 valence electrons. The largest absolute Gasteiger partial charge is 0.310 e. The highest BCUT2D eigenvalue weighted by molar-refractivity contribution is 6.35. The molecule has 0 aliphatic heterocycles. The van der Waals surface area contributed by atoms with Crippen molar-refractivity contribution in [3.63, 3.8) is 0 Å². The Kier molecular flexibility index (Phi) is 6.20. The Hall–Kier alpha value is -0.240. The molecule has 0 spiro atoms. The molecule has 3 unspecified atom stereocenters. The van der Waals surface area contributed by atoms with Gasteiger partial charge in [-0.2, -0.15) is 0 Å². The number of benzene rings is 1. The molecule has 1 saturated carbocycles. The summed E-state index contributed by atoms with van der Waals surface area (Å²) < 4.78 is 0. The summed E-state index contributed by atoms with van der Waals surface area (Å²) >= 11 is 12.5. The van der Waals surface area contributed by atoms with E-state index in [0.29, 0.717) is 17.0 Å². The van der Waals surface area contributed by atoms with Gasteiger partial charge in [0.15, 0.2) is 0 Å². The standard InChI is InChI=1S/C17H25Cl2N/c1-3-12-6-5-7-13(10-12)17(20-4-2)15-9-8-14(18)11-16(15)19/h8-9,11-13,17,20H,3-7,10H2,1-2H3. The Morgan fingerprint density at radius 2 is 2.05 bits per heavy atom. The van der Waals surface area contributed by atoms with Crippen molar-refractivity contribution in [3.05, 3.63) is 33.8 Å². The molecule has 1 fully saturated rings. The summed E-state index contributed by atoms with van der Waals surface area (Å²) in [6.45, 7) is 5.44. The minimum Gasteiger partial charge on any atom is -0.310 e. The fraction of sp³-hybridized carbons (Fsp3) is 0.647. The van der Waals surface area contributed by atoms with Gasteiger partial charge in [0.1, 0.15) is 0 Å². The molecule has 1 aliphatic rings. The van der Waals surface area contributed by atoms with Crippen LogP contribution in [0.2, 0.25) is 10.0 Å². The van der Waals surface area contributed by atoms with Crippen LogP contribution in [0.3, 0.4) is 0 Å². The Balaban J connectivity index is 2.21. The van der Waals surface area contributed by atoms with E-state index >= 15 is 0 Å². The summed E-state index contributed by atoms with van der Waals surface area (Å²) in [4.78, 5) is 0. The Bertz CT molecular complexity index is 433. The lowest BCUT2D eigenvalue weighted by molar-refractivity contribution is 0.210. The fourth-order valence-corrected chi connectivity index (χ4v) is 4.04. The van der Waals surface area contributed by atoms with E-state index in [-0.39, 0.29) is 0 Å². The number of rotatable bonds is 5. The highest BCUT2D eigenvalue weighted by Gasteiger charge is 2.29. The molecule has 1 aromatic carbocycles. The van der Waals surface area contributed by atoms with Crippen LogP contribution in [0.1, 0.15) is 57.6 Å². The Morgan fingerprint density at radius 1 is 1.25 bits per heavy atom. The zero-order chi connectivity index (χ0) is 14.5. The molecule has 20 heavy (non-hydrogen) atoms. The Morgan fingerprint density at radius 3 is 2.70 bits per heavy atom. The first-order chi connectivity index (χ1) is 9.65. The van der Waals surface area contributed by atoms with Gasteiger partial charge >= 0.3 is 0 Å². The zero-order valence-electron chi connectivity index (χ0n) is 12.5. The molecule has 0 amide bonds. The second kappa shape index (κ2) is 7.68. The van der Waals surface area contributed by atoms with E-state index in [9.17, 15) is 0 Å². The van der Waals surface area contributed by atoms with Crippen LogP contribution < -0.4 is 5.32 Å². The first-order valence-electron chi connectivity index (χ1n) is 7.84. The third-order valence-corrected chi connectivity index (χ3v) is 5.16. The second-order valence-electron chi connectivity index (χ2n) is 5.90. The van der Waals surface area contributed by atoms with Gasteiger partial charge in [0.25, 0.3) is 0 Å². The van der Waals surface area contributed by atoms with Gasteiger partial charge in [-0.05, 0) is 48.9 Å². The van der Waals surface area contributed by atoms with Crippen LogP contribution >= 0.6 is 23.2 Å². The normalized spacial score (nSPS) is 24.6. The average Bonchev–Trinajstić information content (AvgIpc) is 2.45. The van der Waals surface area contributed by atoms with Gasteiger partial charge < -0.3 is 5.32 Å². The van der Waals surface area contributed by atoms with Gasteiger partial charge in [-0.1, -0.05) is 62.4 Å². The van der Waals surface area contributed by atoms with Gasteiger partial charge in [-0.3, -0.25) is 0 Å². The molecular weight excluding hydrogens is 289 g/mol. The number of halogens is 2. The van der Waals surface area contributed by atoms with E-state index in [1.54, 1.807) is 0 Å². The third kappa shape index (κ3) is 3.90. The lowest BCUT2D eigenvalue weighted by Gasteiger charge is -2.35. The quantitative estimate of drug-likeness (QED) is 0.717. The van der Waals surface area contributed by atoms with E-state index in [2.05, 4.69) is 25.2 Å². The van der Waals surface area contributed by atoms with Crippen molar-refractivity contribution < 1.29 is 0 Å². The molecule has 0 heterocycles. The molecule has 0 radical (unpaired) electrons. The number of hydrogen-bond donors (Lipinski definition) is 1. The van der Waals surface area contributed by atoms with Crippen LogP contribution in [0.25, 0.3) is 0 Å². The highest BCUT2D eigenvalue weighted by atomic mass is 35.5. The average molecular weight is 314 g/mol. The first-order valence-corrected chi connectivity index (χ1v) is 8.59. The highest BCUT2D eigenvalue weighted by Crippen LogP contribution is 2.40. The molecule has 0 bridgehead atoms. The molecule has 1 aromatic rings. The van der Waals surface area contributed by atoms with Gasteiger partial charge in [-0.15, -0.1) is 0 Å². The van der Waals surface area contributed by atoms with Crippen LogP contribution in [0.4, 0.5) is 0 Å². The number of nitrogens with one attached hydrogen (secondary N) is 1. The summed E-state index contributed by atoms with van der Waals surface area (Å²) in [5, 5.41) is 5.15. The van der Waals surface area contributed by atoms with Gasteiger partial charge in [0, 0.05) is 16.1 Å². The van der Waals surface area contributed by atoms with Crippen molar-refractivity contribution in [3.8, 4) is 0 Å². The van der Waals surface area contributed by atoms with Crippen molar-refractivity contribution in [2.45, 2.75) is 52.0 Å². The first kappa shape index (κ1) is 16.1. The summed E-state index contributed by atoms with van der Waals surface area (Å²) in [5.41, 5.74) is 1.21. The zero-order valence-corrected chi connectivity index (χ0v) is 14.0. The van der Waals surface area contributed by atoms with E-state index in [4.69, 9.17) is 23.2 Å². The van der Waals surface area contributed by atoms with Gasteiger partial charge in [0.2, 0.25) is 0 Å². The summed E-state index contributed by atoms with van der Waals surface area (Å²) in [5.74, 6) is 1.56. The molecule has 0 aromatic heterocycles. The summed E-state index contributed by atoms with van der Waals surface area (Å²) in [6, 6.07) is 6.27. The summed E-state index contributed by atoms with van der Waals surface area (Å²) in [6.07, 6.45) is 6.64.